The molecule has 88 valence electrons. The fourth-order valence-corrected chi connectivity index (χ4v) is 2.14. The number of hydrogen-bond donors (Lipinski definition) is 2. The molecule has 2 N–H and O–H groups in total. The second-order valence-corrected chi connectivity index (χ2v) is 4.29. The van der Waals surface area contributed by atoms with Gasteiger partial charge in [0.25, 0.3) is 0 Å². The first-order valence-electron chi connectivity index (χ1n) is 5.54. The molecule has 1 aliphatic rings. The highest BCUT2D eigenvalue weighted by Gasteiger charge is 2.17. The van der Waals surface area contributed by atoms with Gasteiger partial charge >= 0.3 is 0 Å². The maximum Gasteiger partial charge on any atom is 0.162 e. The van der Waals surface area contributed by atoms with E-state index in [1.165, 1.54) is 0 Å². The first-order chi connectivity index (χ1) is 7.66. The van der Waals surface area contributed by atoms with E-state index in [4.69, 9.17) is 0 Å². The number of rotatable bonds is 2. The average molecular weight is 227 g/mol. The van der Waals surface area contributed by atoms with E-state index in [9.17, 15) is 13.9 Å². The van der Waals surface area contributed by atoms with Crippen LogP contribution in [0.1, 0.15) is 18.4 Å². The molecule has 1 aromatic rings. The summed E-state index contributed by atoms with van der Waals surface area (Å²) in [6, 6.07) is 1.96. The standard InChI is InChI=1S/C12H15F2NO/c13-10-6-9(12(16)7-11(10)14)5-8-1-3-15-4-2-8/h6-8,15-16H,1-5H2. The number of benzene rings is 1. The monoisotopic (exact) mass is 227 g/mol. The molecule has 0 spiro atoms. The Balaban J connectivity index is 2.11. The van der Waals surface area contributed by atoms with Crippen LogP contribution < -0.4 is 5.32 Å². The van der Waals surface area contributed by atoms with Crippen LogP contribution in [0.4, 0.5) is 8.78 Å². The summed E-state index contributed by atoms with van der Waals surface area (Å²) in [7, 11) is 0. The Bertz CT molecular complexity index is 376. The zero-order valence-corrected chi connectivity index (χ0v) is 8.97. The van der Waals surface area contributed by atoms with Gasteiger partial charge in [0, 0.05) is 6.07 Å². The molecule has 0 unspecified atom stereocenters. The maximum absolute atomic E-state index is 13.0. The number of halogens is 2. The fraction of sp³-hybridized carbons (Fsp3) is 0.500. The predicted octanol–water partition coefficient (Wildman–Crippen LogP) is 2.21. The number of phenolic OH excluding ortho intramolecular Hbond substituents is 1. The minimum Gasteiger partial charge on any atom is -0.508 e. The van der Waals surface area contributed by atoms with Crippen LogP contribution in [0.2, 0.25) is 0 Å². The molecule has 0 saturated carbocycles. The number of piperidine rings is 1. The molecule has 4 heteroatoms. The Labute approximate surface area is 93.3 Å². The number of nitrogens with one attached hydrogen (secondary N) is 1. The van der Waals surface area contributed by atoms with Crippen LogP contribution >= 0.6 is 0 Å². The molecule has 0 radical (unpaired) electrons. The molecule has 1 heterocycles. The molecule has 1 aromatic carbocycles. The van der Waals surface area contributed by atoms with Crippen molar-refractivity contribution >= 4 is 0 Å². The Morgan fingerprint density at radius 3 is 2.50 bits per heavy atom. The summed E-state index contributed by atoms with van der Waals surface area (Å²) < 4.78 is 25.8. The summed E-state index contributed by atoms with van der Waals surface area (Å²) in [6.07, 6.45) is 2.64. The molecule has 2 nitrogen and oxygen atoms in total. The third-order valence-corrected chi connectivity index (χ3v) is 3.09. The molecule has 0 aliphatic carbocycles. The van der Waals surface area contributed by atoms with E-state index >= 15 is 0 Å². The number of hydrogen-bond acceptors (Lipinski definition) is 2. The van der Waals surface area contributed by atoms with Crippen molar-refractivity contribution in [1.29, 1.82) is 0 Å². The first kappa shape index (κ1) is 11.3. The fourth-order valence-electron chi connectivity index (χ4n) is 2.14. The van der Waals surface area contributed by atoms with E-state index in [1.54, 1.807) is 0 Å². The normalized spacial score (nSPS) is 17.6. The van der Waals surface area contributed by atoms with Crippen LogP contribution in [-0.2, 0) is 6.42 Å². The second kappa shape index (κ2) is 4.78. The third-order valence-electron chi connectivity index (χ3n) is 3.09. The molecule has 1 fully saturated rings. The Hall–Kier alpha value is -1.16. The van der Waals surface area contributed by atoms with Gasteiger partial charge in [-0.3, -0.25) is 0 Å². The average Bonchev–Trinajstić information content (AvgIpc) is 2.27. The van der Waals surface area contributed by atoms with Crippen LogP contribution in [0.15, 0.2) is 12.1 Å². The minimum absolute atomic E-state index is 0.141. The number of phenols is 1. The predicted molar refractivity (Wildman–Crippen MR) is 57.3 cm³/mol. The van der Waals surface area contributed by atoms with E-state index in [1.807, 2.05) is 0 Å². The molecule has 0 atom stereocenters. The molecule has 0 aromatic heterocycles. The molecule has 0 amide bonds. The van der Waals surface area contributed by atoms with E-state index in [-0.39, 0.29) is 5.75 Å². The van der Waals surface area contributed by atoms with Crippen LogP contribution in [0, 0.1) is 17.6 Å². The van der Waals surface area contributed by atoms with Crippen LogP contribution in [0.25, 0.3) is 0 Å². The van der Waals surface area contributed by atoms with Gasteiger partial charge in [0.05, 0.1) is 0 Å². The zero-order valence-electron chi connectivity index (χ0n) is 8.97. The van der Waals surface area contributed by atoms with E-state index in [0.717, 1.165) is 38.1 Å². The van der Waals surface area contributed by atoms with Crippen molar-refractivity contribution < 1.29 is 13.9 Å². The molecule has 1 saturated heterocycles. The van der Waals surface area contributed by atoms with Crippen molar-refractivity contribution in [1.82, 2.24) is 5.32 Å². The topological polar surface area (TPSA) is 32.3 Å². The van der Waals surface area contributed by atoms with Crippen molar-refractivity contribution in [2.45, 2.75) is 19.3 Å². The Morgan fingerprint density at radius 1 is 1.19 bits per heavy atom. The summed E-state index contributed by atoms with van der Waals surface area (Å²) in [5, 5.41) is 12.8. The lowest BCUT2D eigenvalue weighted by Crippen LogP contribution is -2.28. The van der Waals surface area contributed by atoms with Gasteiger partial charge in [-0.15, -0.1) is 0 Å². The van der Waals surface area contributed by atoms with Gasteiger partial charge in [0.2, 0.25) is 0 Å². The first-order valence-corrected chi connectivity index (χ1v) is 5.54. The molecular formula is C12H15F2NO. The van der Waals surface area contributed by atoms with Gasteiger partial charge in [-0.2, -0.15) is 0 Å². The second-order valence-electron chi connectivity index (χ2n) is 4.29. The van der Waals surface area contributed by atoms with Gasteiger partial charge in [-0.05, 0) is 49.9 Å². The third kappa shape index (κ3) is 2.50. The van der Waals surface area contributed by atoms with Crippen LogP contribution in [-0.4, -0.2) is 18.2 Å². The van der Waals surface area contributed by atoms with Crippen LogP contribution in [0.5, 0.6) is 5.75 Å². The summed E-state index contributed by atoms with van der Waals surface area (Å²) in [6.45, 7) is 1.91. The van der Waals surface area contributed by atoms with Gasteiger partial charge in [0.1, 0.15) is 5.75 Å². The molecular weight excluding hydrogens is 212 g/mol. The zero-order chi connectivity index (χ0) is 11.5. The summed E-state index contributed by atoms with van der Waals surface area (Å²) in [5.41, 5.74) is 0.505. The van der Waals surface area contributed by atoms with Gasteiger partial charge < -0.3 is 10.4 Å². The Kier molecular flexibility index (Phi) is 3.39. The molecule has 16 heavy (non-hydrogen) atoms. The summed E-state index contributed by atoms with van der Waals surface area (Å²) in [4.78, 5) is 0. The highest BCUT2D eigenvalue weighted by Crippen LogP contribution is 2.26. The van der Waals surface area contributed by atoms with Crippen molar-refractivity contribution in [3.05, 3.63) is 29.3 Å². The minimum atomic E-state index is -0.994. The van der Waals surface area contributed by atoms with Crippen molar-refractivity contribution in [3.63, 3.8) is 0 Å². The van der Waals surface area contributed by atoms with Gasteiger partial charge in [-0.25, -0.2) is 8.78 Å². The van der Waals surface area contributed by atoms with Crippen molar-refractivity contribution in [2.75, 3.05) is 13.1 Å². The smallest absolute Gasteiger partial charge is 0.162 e. The van der Waals surface area contributed by atoms with Crippen molar-refractivity contribution in [3.8, 4) is 5.75 Å². The molecule has 2 rings (SSSR count). The van der Waals surface area contributed by atoms with Crippen molar-refractivity contribution in [2.24, 2.45) is 5.92 Å². The maximum atomic E-state index is 13.0. The SMILES string of the molecule is Oc1cc(F)c(F)cc1CC1CCNCC1. The van der Waals surface area contributed by atoms with Crippen LogP contribution in [0.3, 0.4) is 0 Å². The molecule has 0 bridgehead atoms. The quantitative estimate of drug-likeness (QED) is 0.812. The van der Waals surface area contributed by atoms with E-state index in [2.05, 4.69) is 5.32 Å². The lowest BCUT2D eigenvalue weighted by atomic mass is 9.90. The lowest BCUT2D eigenvalue weighted by Gasteiger charge is -2.22. The van der Waals surface area contributed by atoms with Gasteiger partial charge in [0.15, 0.2) is 11.6 Å². The number of aromatic hydroxyl groups is 1. The highest BCUT2D eigenvalue weighted by molar-refractivity contribution is 5.33. The van der Waals surface area contributed by atoms with E-state index in [0.29, 0.717) is 17.9 Å². The lowest BCUT2D eigenvalue weighted by molar-refractivity contribution is 0.364. The highest BCUT2D eigenvalue weighted by atomic mass is 19.2. The van der Waals surface area contributed by atoms with E-state index < -0.39 is 11.6 Å². The van der Waals surface area contributed by atoms with Gasteiger partial charge in [-0.1, -0.05) is 0 Å². The summed E-state index contributed by atoms with van der Waals surface area (Å²) in [5.74, 6) is -1.58. The Morgan fingerprint density at radius 2 is 1.81 bits per heavy atom. The largest absolute Gasteiger partial charge is 0.508 e. The molecule has 1 aliphatic heterocycles. The summed E-state index contributed by atoms with van der Waals surface area (Å²) >= 11 is 0.